The van der Waals surface area contributed by atoms with Crippen molar-refractivity contribution in [3.63, 3.8) is 0 Å². The van der Waals surface area contributed by atoms with Crippen LogP contribution in [0.2, 0.25) is 0 Å². The second kappa shape index (κ2) is 7.04. The summed E-state index contributed by atoms with van der Waals surface area (Å²) in [6, 6.07) is 8.07. The molecule has 1 fully saturated rings. The third kappa shape index (κ3) is 3.49. The first-order chi connectivity index (χ1) is 9.05. The lowest BCUT2D eigenvalue weighted by atomic mass is 10.1. The van der Waals surface area contributed by atoms with Gasteiger partial charge in [-0.15, -0.1) is 12.4 Å². The van der Waals surface area contributed by atoms with Crippen molar-refractivity contribution in [3.8, 4) is 6.07 Å². The van der Waals surface area contributed by atoms with Crippen LogP contribution in [0.3, 0.4) is 0 Å². The number of nitriles is 1. The number of rotatable bonds is 3. The molecule has 0 saturated carbocycles. The lowest BCUT2D eigenvalue weighted by Crippen LogP contribution is -2.43. The van der Waals surface area contributed by atoms with Crippen LogP contribution in [0, 0.1) is 11.3 Å². The number of nitrogens with one attached hydrogen (secondary N) is 1. The molecule has 2 rings (SSSR count). The normalized spacial score (nSPS) is 16.4. The van der Waals surface area contributed by atoms with E-state index in [0.717, 1.165) is 25.9 Å². The SMILES string of the molecule is CN(C1CCNCC1)S(=O)(=O)c1ccc(C#N)cc1.Cl. The number of piperidine rings is 1. The molecule has 1 aromatic rings. The van der Waals surface area contributed by atoms with E-state index < -0.39 is 10.0 Å². The molecule has 1 aromatic carbocycles. The molecular weight excluding hydrogens is 298 g/mol. The summed E-state index contributed by atoms with van der Waals surface area (Å²) >= 11 is 0. The van der Waals surface area contributed by atoms with E-state index >= 15 is 0 Å². The average Bonchev–Trinajstić information content (AvgIpc) is 2.47. The molecule has 0 unspecified atom stereocenters. The molecule has 0 amide bonds. The Morgan fingerprint density at radius 2 is 1.80 bits per heavy atom. The highest BCUT2D eigenvalue weighted by molar-refractivity contribution is 7.89. The number of sulfonamides is 1. The molecule has 1 saturated heterocycles. The number of halogens is 1. The monoisotopic (exact) mass is 315 g/mol. The summed E-state index contributed by atoms with van der Waals surface area (Å²) in [7, 11) is -1.84. The first-order valence-corrected chi connectivity index (χ1v) is 7.68. The van der Waals surface area contributed by atoms with Gasteiger partial charge in [0.25, 0.3) is 0 Å². The maximum Gasteiger partial charge on any atom is 0.243 e. The van der Waals surface area contributed by atoms with Gasteiger partial charge < -0.3 is 5.32 Å². The molecule has 1 heterocycles. The van der Waals surface area contributed by atoms with Crippen LogP contribution in [-0.2, 0) is 10.0 Å². The summed E-state index contributed by atoms with van der Waals surface area (Å²) in [5.74, 6) is 0. The first kappa shape index (κ1) is 16.9. The Morgan fingerprint density at radius 1 is 1.25 bits per heavy atom. The second-order valence-electron chi connectivity index (χ2n) is 4.64. The van der Waals surface area contributed by atoms with Gasteiger partial charge in [-0.25, -0.2) is 8.42 Å². The zero-order chi connectivity index (χ0) is 13.9. The molecule has 110 valence electrons. The maximum absolute atomic E-state index is 12.5. The summed E-state index contributed by atoms with van der Waals surface area (Å²) < 4.78 is 26.4. The molecule has 0 atom stereocenters. The van der Waals surface area contributed by atoms with E-state index in [0.29, 0.717) is 5.56 Å². The molecular formula is C13H18ClN3O2S. The van der Waals surface area contributed by atoms with E-state index in [1.54, 1.807) is 7.05 Å². The summed E-state index contributed by atoms with van der Waals surface area (Å²) in [5, 5.41) is 11.9. The summed E-state index contributed by atoms with van der Waals surface area (Å²) in [4.78, 5) is 0.243. The predicted molar refractivity (Wildman–Crippen MR) is 79.2 cm³/mol. The number of nitrogens with zero attached hydrogens (tertiary/aromatic N) is 2. The Morgan fingerprint density at radius 3 is 2.30 bits per heavy atom. The number of hydrogen-bond acceptors (Lipinski definition) is 4. The fraction of sp³-hybridized carbons (Fsp3) is 0.462. The smallest absolute Gasteiger partial charge is 0.243 e. The highest BCUT2D eigenvalue weighted by atomic mass is 35.5. The van der Waals surface area contributed by atoms with E-state index in [4.69, 9.17) is 5.26 Å². The van der Waals surface area contributed by atoms with Crippen LogP contribution in [0.1, 0.15) is 18.4 Å². The third-order valence-corrected chi connectivity index (χ3v) is 5.41. The van der Waals surface area contributed by atoms with Crippen molar-refractivity contribution in [2.24, 2.45) is 0 Å². The van der Waals surface area contributed by atoms with E-state index in [1.807, 2.05) is 6.07 Å². The molecule has 1 aliphatic heterocycles. The van der Waals surface area contributed by atoms with Gasteiger partial charge in [0, 0.05) is 13.1 Å². The van der Waals surface area contributed by atoms with Crippen LogP contribution in [0.25, 0.3) is 0 Å². The van der Waals surface area contributed by atoms with E-state index in [2.05, 4.69) is 5.32 Å². The van der Waals surface area contributed by atoms with Gasteiger partial charge in [-0.2, -0.15) is 9.57 Å². The van der Waals surface area contributed by atoms with Crippen molar-refractivity contribution >= 4 is 22.4 Å². The quantitative estimate of drug-likeness (QED) is 0.914. The molecule has 0 radical (unpaired) electrons. The van der Waals surface area contributed by atoms with Crippen LogP contribution >= 0.6 is 12.4 Å². The molecule has 5 nitrogen and oxygen atoms in total. The molecule has 0 bridgehead atoms. The van der Waals surface area contributed by atoms with Crippen LogP contribution in [-0.4, -0.2) is 38.9 Å². The van der Waals surface area contributed by atoms with E-state index in [-0.39, 0.29) is 23.3 Å². The van der Waals surface area contributed by atoms with Crippen molar-refractivity contribution in [2.75, 3.05) is 20.1 Å². The van der Waals surface area contributed by atoms with Crippen LogP contribution < -0.4 is 5.32 Å². The van der Waals surface area contributed by atoms with Crippen molar-refractivity contribution in [1.82, 2.24) is 9.62 Å². The first-order valence-electron chi connectivity index (χ1n) is 6.24. The van der Waals surface area contributed by atoms with Gasteiger partial charge in [-0.3, -0.25) is 0 Å². The lowest BCUT2D eigenvalue weighted by molar-refractivity contribution is 0.296. The highest BCUT2D eigenvalue weighted by Crippen LogP contribution is 2.20. The highest BCUT2D eigenvalue weighted by Gasteiger charge is 2.28. The summed E-state index contributed by atoms with van der Waals surface area (Å²) in [5.41, 5.74) is 0.462. The summed E-state index contributed by atoms with van der Waals surface area (Å²) in [6.45, 7) is 1.69. The minimum atomic E-state index is -3.47. The van der Waals surface area contributed by atoms with Gasteiger partial charge in [-0.05, 0) is 50.2 Å². The Kier molecular flexibility index (Phi) is 5.96. The lowest BCUT2D eigenvalue weighted by Gasteiger charge is -2.30. The predicted octanol–water partition coefficient (Wildman–Crippen LogP) is 1.35. The molecule has 1 aliphatic rings. The molecule has 20 heavy (non-hydrogen) atoms. The Hall–Kier alpha value is -1.13. The summed E-state index contributed by atoms with van der Waals surface area (Å²) in [6.07, 6.45) is 1.65. The molecule has 7 heteroatoms. The van der Waals surface area contributed by atoms with E-state index in [1.165, 1.54) is 28.6 Å². The van der Waals surface area contributed by atoms with Gasteiger partial charge in [0.15, 0.2) is 0 Å². The molecule has 1 N–H and O–H groups in total. The maximum atomic E-state index is 12.5. The standard InChI is InChI=1S/C13H17N3O2S.ClH/c1-16(12-6-8-15-9-7-12)19(17,18)13-4-2-11(10-14)3-5-13;/h2-5,12,15H,6-9H2,1H3;1H. The van der Waals surface area contributed by atoms with Gasteiger partial charge >= 0.3 is 0 Å². The topological polar surface area (TPSA) is 73.2 Å². The Bertz CT molecular complexity index is 575. The number of benzene rings is 1. The minimum absolute atomic E-state index is 0. The van der Waals surface area contributed by atoms with E-state index in [9.17, 15) is 8.42 Å². The van der Waals surface area contributed by atoms with Crippen molar-refractivity contribution in [2.45, 2.75) is 23.8 Å². The largest absolute Gasteiger partial charge is 0.317 e. The fourth-order valence-electron chi connectivity index (χ4n) is 2.23. The van der Waals surface area contributed by atoms with Gasteiger partial charge in [-0.1, -0.05) is 0 Å². The molecule has 0 aromatic heterocycles. The van der Waals surface area contributed by atoms with Crippen LogP contribution in [0.5, 0.6) is 0 Å². The Balaban J connectivity index is 0.00000200. The fourth-order valence-corrected chi connectivity index (χ4v) is 3.65. The van der Waals surface area contributed by atoms with Gasteiger partial charge in [0.05, 0.1) is 16.5 Å². The van der Waals surface area contributed by atoms with Gasteiger partial charge in [0.2, 0.25) is 10.0 Å². The third-order valence-electron chi connectivity index (χ3n) is 3.48. The zero-order valence-corrected chi connectivity index (χ0v) is 12.9. The molecule has 0 spiro atoms. The Labute approximate surface area is 126 Å². The minimum Gasteiger partial charge on any atom is -0.317 e. The van der Waals surface area contributed by atoms with Gasteiger partial charge in [0.1, 0.15) is 0 Å². The van der Waals surface area contributed by atoms with Crippen molar-refractivity contribution in [1.29, 1.82) is 5.26 Å². The second-order valence-corrected chi connectivity index (χ2v) is 6.64. The van der Waals surface area contributed by atoms with Crippen LogP contribution in [0.4, 0.5) is 0 Å². The van der Waals surface area contributed by atoms with Crippen molar-refractivity contribution < 1.29 is 8.42 Å². The average molecular weight is 316 g/mol. The van der Waals surface area contributed by atoms with Crippen LogP contribution in [0.15, 0.2) is 29.2 Å². The van der Waals surface area contributed by atoms with Crippen molar-refractivity contribution in [3.05, 3.63) is 29.8 Å². The number of hydrogen-bond donors (Lipinski definition) is 1. The molecule has 0 aliphatic carbocycles. The zero-order valence-electron chi connectivity index (χ0n) is 11.2.